The van der Waals surface area contributed by atoms with Crippen LogP contribution in [0.5, 0.6) is 17.2 Å². The van der Waals surface area contributed by atoms with Gasteiger partial charge in [-0.2, -0.15) is 0 Å². The Kier molecular flexibility index (Phi) is 10.5. The summed E-state index contributed by atoms with van der Waals surface area (Å²) < 4.78 is 23.2. The zero-order chi connectivity index (χ0) is 26.8. The van der Waals surface area contributed by atoms with Crippen molar-refractivity contribution in [3.05, 3.63) is 53.1 Å². The lowest BCUT2D eigenvalue weighted by molar-refractivity contribution is -0.130. The normalized spacial score (nSPS) is 21.0. The summed E-state index contributed by atoms with van der Waals surface area (Å²) >= 11 is 5.95. The fraction of sp³-hybridized carbons (Fsp3) is 0.552. The number of hydrogen-bond acceptors (Lipinski definition) is 7. The predicted molar refractivity (Wildman–Crippen MR) is 146 cm³/mol. The molecule has 2 aliphatic heterocycles. The molecule has 0 aliphatic carbocycles. The van der Waals surface area contributed by atoms with E-state index in [9.17, 15) is 9.90 Å². The Labute approximate surface area is 230 Å². The van der Waals surface area contributed by atoms with E-state index >= 15 is 0 Å². The van der Waals surface area contributed by atoms with E-state index in [-0.39, 0.29) is 19.1 Å². The number of rotatable bonds is 11. The SMILES string of the molecule is COc1ccc(CN2CCOC[C@](O)(COc3ccc(Cl)cc3)C2)cc1OCCCN1CCCCCC1=O. The van der Waals surface area contributed by atoms with E-state index in [2.05, 4.69) is 4.90 Å². The fourth-order valence-electron chi connectivity index (χ4n) is 4.87. The first-order chi connectivity index (χ1) is 18.4. The molecule has 9 heteroatoms. The van der Waals surface area contributed by atoms with Crippen LogP contribution < -0.4 is 14.2 Å². The number of methoxy groups -OCH3 is 1. The number of likely N-dealkylation sites (tertiary alicyclic amines) is 1. The van der Waals surface area contributed by atoms with Crippen molar-refractivity contribution in [3.63, 3.8) is 0 Å². The summed E-state index contributed by atoms with van der Waals surface area (Å²) in [4.78, 5) is 16.4. The van der Waals surface area contributed by atoms with Crippen LogP contribution in [0.4, 0.5) is 0 Å². The van der Waals surface area contributed by atoms with Crippen molar-refractivity contribution in [2.24, 2.45) is 0 Å². The standard InChI is InChI=1S/C29H39ClN2O6/c1-35-26-12-7-23(18-27(26)37-16-5-14-32-13-4-2-3-6-28(32)33)19-31-15-17-36-21-29(34,20-31)22-38-25-10-8-24(30)9-11-25/h7-12,18,34H,2-6,13-17,19-22H2,1H3/t29-/m0/s1. The molecule has 2 aromatic carbocycles. The number of carbonyl (C=O) groups is 1. The van der Waals surface area contributed by atoms with Gasteiger partial charge >= 0.3 is 0 Å². The highest BCUT2D eigenvalue weighted by Crippen LogP contribution is 2.29. The van der Waals surface area contributed by atoms with Gasteiger partial charge in [0.15, 0.2) is 11.5 Å². The van der Waals surface area contributed by atoms with Gasteiger partial charge in [-0.05, 0) is 61.2 Å². The lowest BCUT2D eigenvalue weighted by atomic mass is 10.1. The number of ether oxygens (including phenoxy) is 4. The maximum absolute atomic E-state index is 12.2. The van der Waals surface area contributed by atoms with Gasteiger partial charge in [-0.15, -0.1) is 0 Å². The van der Waals surface area contributed by atoms with Gasteiger partial charge in [0.05, 0.1) is 26.9 Å². The van der Waals surface area contributed by atoms with Crippen LogP contribution in [0.25, 0.3) is 0 Å². The molecule has 0 aromatic heterocycles. The third kappa shape index (κ3) is 8.50. The molecule has 208 valence electrons. The second-order valence-corrected chi connectivity index (χ2v) is 10.5. The minimum Gasteiger partial charge on any atom is -0.493 e. The fourth-order valence-corrected chi connectivity index (χ4v) is 5.00. The highest BCUT2D eigenvalue weighted by Gasteiger charge is 2.33. The third-order valence-electron chi connectivity index (χ3n) is 6.90. The van der Waals surface area contributed by atoms with Crippen molar-refractivity contribution in [2.75, 3.05) is 59.7 Å². The summed E-state index contributed by atoms with van der Waals surface area (Å²) in [5.41, 5.74) is -0.0986. The Balaban J connectivity index is 1.32. The van der Waals surface area contributed by atoms with E-state index < -0.39 is 5.60 Å². The Hall–Kier alpha value is -2.52. The molecule has 1 amide bonds. The molecular formula is C29H39ClN2O6. The molecule has 1 N–H and O–H groups in total. The molecule has 0 saturated carbocycles. The molecule has 2 heterocycles. The number of halogens is 1. The highest BCUT2D eigenvalue weighted by molar-refractivity contribution is 6.30. The molecule has 38 heavy (non-hydrogen) atoms. The van der Waals surface area contributed by atoms with Crippen molar-refractivity contribution in [1.29, 1.82) is 0 Å². The van der Waals surface area contributed by atoms with Crippen molar-refractivity contribution in [3.8, 4) is 17.2 Å². The molecule has 0 radical (unpaired) electrons. The first kappa shape index (κ1) is 28.5. The average Bonchev–Trinajstić information content (AvgIpc) is 3.23. The zero-order valence-corrected chi connectivity index (χ0v) is 23.0. The van der Waals surface area contributed by atoms with Crippen LogP contribution in [0, 0.1) is 0 Å². The zero-order valence-electron chi connectivity index (χ0n) is 22.2. The quantitative estimate of drug-likeness (QED) is 0.424. The van der Waals surface area contributed by atoms with Crippen LogP contribution in [0.1, 0.15) is 37.7 Å². The number of benzene rings is 2. The smallest absolute Gasteiger partial charge is 0.222 e. The molecule has 2 aromatic rings. The molecule has 4 rings (SSSR count). The van der Waals surface area contributed by atoms with Crippen LogP contribution in [-0.2, 0) is 16.1 Å². The van der Waals surface area contributed by atoms with Crippen molar-refractivity contribution in [1.82, 2.24) is 9.80 Å². The lowest BCUT2D eigenvalue weighted by Gasteiger charge is -2.30. The molecule has 2 fully saturated rings. The maximum Gasteiger partial charge on any atom is 0.222 e. The topological polar surface area (TPSA) is 80.7 Å². The molecule has 0 bridgehead atoms. The van der Waals surface area contributed by atoms with Gasteiger partial charge in [-0.25, -0.2) is 0 Å². The lowest BCUT2D eigenvalue weighted by Crippen LogP contribution is -2.48. The number of nitrogens with zero attached hydrogens (tertiary/aromatic N) is 2. The highest BCUT2D eigenvalue weighted by atomic mass is 35.5. The van der Waals surface area contributed by atoms with Gasteiger partial charge in [-0.3, -0.25) is 9.69 Å². The molecule has 0 unspecified atom stereocenters. The number of β-amino-alcohol motifs (C(OH)–C–C–N with tert-alkyl or cyclic N) is 1. The second kappa shape index (κ2) is 14.0. The second-order valence-electron chi connectivity index (χ2n) is 10.1. The van der Waals surface area contributed by atoms with Crippen LogP contribution in [-0.4, -0.2) is 86.1 Å². The Morgan fingerprint density at radius 2 is 1.89 bits per heavy atom. The monoisotopic (exact) mass is 546 g/mol. The minimum atomic E-state index is -1.15. The largest absolute Gasteiger partial charge is 0.493 e. The summed E-state index contributed by atoms with van der Waals surface area (Å²) in [7, 11) is 1.63. The Morgan fingerprint density at radius 1 is 1.05 bits per heavy atom. The van der Waals surface area contributed by atoms with Gasteiger partial charge in [0.25, 0.3) is 0 Å². The molecule has 1 atom stereocenters. The van der Waals surface area contributed by atoms with Gasteiger partial charge in [0.1, 0.15) is 18.0 Å². The first-order valence-electron chi connectivity index (χ1n) is 13.4. The van der Waals surface area contributed by atoms with Crippen LogP contribution in [0.2, 0.25) is 5.02 Å². The molecule has 8 nitrogen and oxygen atoms in total. The van der Waals surface area contributed by atoms with Gasteiger partial charge in [0, 0.05) is 44.2 Å². The van der Waals surface area contributed by atoms with Crippen molar-refractivity contribution >= 4 is 17.5 Å². The summed E-state index contributed by atoms with van der Waals surface area (Å²) in [5, 5.41) is 11.9. The van der Waals surface area contributed by atoms with Gasteiger partial charge in [0.2, 0.25) is 5.91 Å². The third-order valence-corrected chi connectivity index (χ3v) is 7.15. The summed E-state index contributed by atoms with van der Waals surface area (Å²) in [6, 6.07) is 13.0. The van der Waals surface area contributed by atoms with Crippen molar-refractivity contribution < 1.29 is 28.8 Å². The van der Waals surface area contributed by atoms with Crippen LogP contribution >= 0.6 is 11.6 Å². The van der Waals surface area contributed by atoms with E-state index in [1.807, 2.05) is 23.1 Å². The minimum absolute atomic E-state index is 0.113. The maximum atomic E-state index is 12.2. The molecule has 2 saturated heterocycles. The molecule has 0 spiro atoms. The van der Waals surface area contributed by atoms with Crippen molar-refractivity contribution in [2.45, 2.75) is 44.2 Å². The number of aliphatic hydroxyl groups is 1. The number of hydrogen-bond donors (Lipinski definition) is 1. The van der Waals surface area contributed by atoms with E-state index in [4.69, 9.17) is 30.5 Å². The van der Waals surface area contributed by atoms with E-state index in [0.29, 0.717) is 68.1 Å². The van der Waals surface area contributed by atoms with E-state index in [0.717, 1.165) is 37.8 Å². The van der Waals surface area contributed by atoms with E-state index in [1.165, 1.54) is 0 Å². The van der Waals surface area contributed by atoms with E-state index in [1.54, 1.807) is 31.4 Å². The predicted octanol–water partition coefficient (Wildman–Crippen LogP) is 4.16. The molecule has 2 aliphatic rings. The average molecular weight is 547 g/mol. The first-order valence-corrected chi connectivity index (χ1v) is 13.8. The summed E-state index contributed by atoms with van der Waals surface area (Å²) in [5.74, 6) is 2.25. The summed E-state index contributed by atoms with van der Waals surface area (Å²) in [6.07, 6.45) is 4.61. The Morgan fingerprint density at radius 3 is 2.71 bits per heavy atom. The van der Waals surface area contributed by atoms with Crippen LogP contribution in [0.3, 0.4) is 0 Å². The van der Waals surface area contributed by atoms with Crippen LogP contribution in [0.15, 0.2) is 42.5 Å². The number of amides is 1. The molecular weight excluding hydrogens is 508 g/mol. The summed E-state index contributed by atoms with van der Waals surface area (Å²) in [6.45, 7) is 4.62. The number of carbonyl (C=O) groups excluding carboxylic acids is 1. The van der Waals surface area contributed by atoms with Gasteiger partial charge < -0.3 is 29.0 Å². The van der Waals surface area contributed by atoms with Gasteiger partial charge in [-0.1, -0.05) is 24.1 Å². The Bertz CT molecular complexity index is 1040.